The normalized spacial score (nSPS) is 10.1. The summed E-state index contributed by atoms with van der Waals surface area (Å²) in [5, 5.41) is 13.6. The van der Waals surface area contributed by atoms with Crippen LogP contribution in [-0.4, -0.2) is 18.1 Å². The second kappa shape index (κ2) is 6.51. The van der Waals surface area contributed by atoms with E-state index >= 15 is 0 Å². The van der Waals surface area contributed by atoms with Crippen LogP contribution in [0.4, 0.5) is 15.8 Å². The molecule has 1 N–H and O–H groups in total. The Bertz CT molecular complexity index is 570. The lowest BCUT2D eigenvalue weighted by Crippen LogP contribution is -2.11. The number of ether oxygens (including phenoxy) is 1. The van der Waals surface area contributed by atoms with Gasteiger partial charge in [0, 0.05) is 24.4 Å². The van der Waals surface area contributed by atoms with Crippen molar-refractivity contribution >= 4 is 11.4 Å². The van der Waals surface area contributed by atoms with Gasteiger partial charge < -0.3 is 10.1 Å². The number of nitro benzene ring substituents is 1. The van der Waals surface area contributed by atoms with E-state index in [1.54, 1.807) is 24.3 Å². The van der Waals surface area contributed by atoms with Gasteiger partial charge >= 0.3 is 0 Å². The maximum absolute atomic E-state index is 12.7. The van der Waals surface area contributed by atoms with Crippen LogP contribution in [0.1, 0.15) is 0 Å². The number of nitrogens with one attached hydrogen (secondary N) is 1. The predicted molar refractivity (Wildman–Crippen MR) is 73.5 cm³/mol. The SMILES string of the molecule is O=[N+]([O-])c1ccc(OCCNc2ccc(F)cc2)cc1. The topological polar surface area (TPSA) is 64.4 Å². The molecule has 0 aliphatic heterocycles. The first-order valence-electron chi connectivity index (χ1n) is 6.02. The molecule has 0 aliphatic rings. The molecule has 2 aromatic rings. The van der Waals surface area contributed by atoms with Crippen LogP contribution < -0.4 is 10.1 Å². The van der Waals surface area contributed by atoms with Gasteiger partial charge in [-0.25, -0.2) is 4.39 Å². The molecule has 0 saturated heterocycles. The lowest BCUT2D eigenvalue weighted by Gasteiger charge is -2.08. The molecule has 0 aromatic heterocycles. The Morgan fingerprint density at radius 2 is 1.75 bits per heavy atom. The monoisotopic (exact) mass is 276 g/mol. The number of halogens is 1. The maximum atomic E-state index is 12.7. The van der Waals surface area contributed by atoms with Crippen LogP contribution in [-0.2, 0) is 0 Å². The van der Waals surface area contributed by atoms with Crippen LogP contribution in [0.25, 0.3) is 0 Å². The van der Waals surface area contributed by atoms with Gasteiger partial charge in [0.15, 0.2) is 0 Å². The predicted octanol–water partition coefficient (Wildman–Crippen LogP) is 3.22. The summed E-state index contributed by atoms with van der Waals surface area (Å²) in [5.41, 5.74) is 0.834. The molecule has 0 bridgehead atoms. The molecular weight excluding hydrogens is 263 g/mol. The minimum atomic E-state index is -0.458. The van der Waals surface area contributed by atoms with Gasteiger partial charge in [0.1, 0.15) is 18.2 Å². The number of non-ortho nitro benzene ring substituents is 1. The molecule has 5 nitrogen and oxygen atoms in total. The first-order chi connectivity index (χ1) is 9.65. The van der Waals surface area contributed by atoms with Crippen LogP contribution in [0.3, 0.4) is 0 Å². The average molecular weight is 276 g/mol. The highest BCUT2D eigenvalue weighted by Crippen LogP contribution is 2.17. The van der Waals surface area contributed by atoms with E-state index in [-0.39, 0.29) is 11.5 Å². The zero-order valence-corrected chi connectivity index (χ0v) is 10.6. The number of anilines is 1. The molecule has 6 heteroatoms. The fourth-order valence-corrected chi connectivity index (χ4v) is 1.60. The molecule has 0 radical (unpaired) electrons. The lowest BCUT2D eigenvalue weighted by atomic mass is 10.3. The molecule has 0 heterocycles. The van der Waals surface area contributed by atoms with E-state index in [0.717, 1.165) is 5.69 Å². The van der Waals surface area contributed by atoms with E-state index in [1.807, 2.05) is 0 Å². The second-order valence-electron chi connectivity index (χ2n) is 4.03. The molecule has 0 saturated carbocycles. The van der Waals surface area contributed by atoms with E-state index in [4.69, 9.17) is 4.74 Å². The molecule has 20 heavy (non-hydrogen) atoms. The minimum Gasteiger partial charge on any atom is -0.492 e. The number of nitro groups is 1. The highest BCUT2D eigenvalue weighted by Gasteiger charge is 2.03. The number of hydrogen-bond acceptors (Lipinski definition) is 4. The van der Waals surface area contributed by atoms with Crippen molar-refractivity contribution < 1.29 is 14.1 Å². The van der Waals surface area contributed by atoms with E-state index in [2.05, 4.69) is 5.32 Å². The van der Waals surface area contributed by atoms with Crippen molar-refractivity contribution in [3.63, 3.8) is 0 Å². The Labute approximate surface area is 115 Å². The Morgan fingerprint density at radius 3 is 2.35 bits per heavy atom. The van der Waals surface area contributed by atoms with E-state index < -0.39 is 4.92 Å². The summed E-state index contributed by atoms with van der Waals surface area (Å²) >= 11 is 0. The van der Waals surface area contributed by atoms with Crippen molar-refractivity contribution in [1.82, 2.24) is 0 Å². The first-order valence-corrected chi connectivity index (χ1v) is 6.02. The Balaban J connectivity index is 1.75. The largest absolute Gasteiger partial charge is 0.492 e. The first kappa shape index (κ1) is 13.8. The van der Waals surface area contributed by atoms with Crippen molar-refractivity contribution in [1.29, 1.82) is 0 Å². The average Bonchev–Trinajstić information content (AvgIpc) is 2.46. The Hall–Kier alpha value is -2.63. The van der Waals surface area contributed by atoms with Crippen LogP contribution in [0, 0.1) is 15.9 Å². The van der Waals surface area contributed by atoms with E-state index in [9.17, 15) is 14.5 Å². The Morgan fingerprint density at radius 1 is 1.10 bits per heavy atom. The molecule has 2 rings (SSSR count). The lowest BCUT2D eigenvalue weighted by molar-refractivity contribution is -0.384. The van der Waals surface area contributed by atoms with Gasteiger partial charge in [-0.15, -0.1) is 0 Å². The van der Waals surface area contributed by atoms with Crippen molar-refractivity contribution in [2.24, 2.45) is 0 Å². The number of benzene rings is 2. The molecule has 2 aromatic carbocycles. The molecule has 0 unspecified atom stereocenters. The quantitative estimate of drug-likeness (QED) is 0.500. The molecule has 0 atom stereocenters. The molecule has 104 valence electrons. The van der Waals surface area contributed by atoms with Crippen molar-refractivity contribution in [2.75, 3.05) is 18.5 Å². The van der Waals surface area contributed by atoms with E-state index in [0.29, 0.717) is 18.9 Å². The van der Waals surface area contributed by atoms with Gasteiger partial charge in [-0.1, -0.05) is 0 Å². The van der Waals surface area contributed by atoms with Crippen LogP contribution in [0.15, 0.2) is 48.5 Å². The third-order valence-corrected chi connectivity index (χ3v) is 2.59. The van der Waals surface area contributed by atoms with Crippen molar-refractivity contribution in [2.45, 2.75) is 0 Å². The Kier molecular flexibility index (Phi) is 4.49. The van der Waals surface area contributed by atoms with Crippen LogP contribution >= 0.6 is 0 Å². The minimum absolute atomic E-state index is 0.0294. The third kappa shape index (κ3) is 3.94. The molecule has 0 spiro atoms. The summed E-state index contributed by atoms with van der Waals surface area (Å²) in [5.74, 6) is 0.286. The van der Waals surface area contributed by atoms with Crippen molar-refractivity contribution in [3.05, 3.63) is 64.5 Å². The molecule has 0 fully saturated rings. The molecular formula is C14H13FN2O3. The second-order valence-corrected chi connectivity index (χ2v) is 4.03. The third-order valence-electron chi connectivity index (χ3n) is 2.59. The molecule has 0 amide bonds. The fraction of sp³-hybridized carbons (Fsp3) is 0.143. The zero-order chi connectivity index (χ0) is 14.4. The van der Waals surface area contributed by atoms with Gasteiger partial charge in [0.25, 0.3) is 5.69 Å². The van der Waals surface area contributed by atoms with Gasteiger partial charge in [0.2, 0.25) is 0 Å². The summed E-state index contributed by atoms with van der Waals surface area (Å²) in [6, 6.07) is 11.9. The van der Waals surface area contributed by atoms with Gasteiger partial charge in [0.05, 0.1) is 4.92 Å². The number of rotatable bonds is 6. The fourth-order valence-electron chi connectivity index (χ4n) is 1.60. The highest BCUT2D eigenvalue weighted by molar-refractivity contribution is 5.42. The maximum Gasteiger partial charge on any atom is 0.269 e. The summed E-state index contributed by atoms with van der Waals surface area (Å²) in [4.78, 5) is 10.0. The van der Waals surface area contributed by atoms with E-state index in [1.165, 1.54) is 24.3 Å². The van der Waals surface area contributed by atoms with Crippen LogP contribution in [0.2, 0.25) is 0 Å². The van der Waals surface area contributed by atoms with Gasteiger partial charge in [-0.05, 0) is 36.4 Å². The highest BCUT2D eigenvalue weighted by atomic mass is 19.1. The summed E-state index contributed by atoms with van der Waals surface area (Å²) in [6.07, 6.45) is 0. The molecule has 0 aliphatic carbocycles. The smallest absolute Gasteiger partial charge is 0.269 e. The number of hydrogen-bond donors (Lipinski definition) is 1. The summed E-state index contributed by atoms with van der Waals surface area (Å²) in [6.45, 7) is 0.942. The standard InChI is InChI=1S/C14H13FN2O3/c15-11-1-3-12(4-2-11)16-9-10-20-14-7-5-13(6-8-14)17(18)19/h1-8,16H,9-10H2. The van der Waals surface area contributed by atoms with Crippen LogP contribution in [0.5, 0.6) is 5.75 Å². The summed E-state index contributed by atoms with van der Waals surface area (Å²) in [7, 11) is 0. The van der Waals surface area contributed by atoms with Gasteiger partial charge in [-0.2, -0.15) is 0 Å². The zero-order valence-electron chi connectivity index (χ0n) is 10.6. The number of nitrogens with zero attached hydrogens (tertiary/aromatic N) is 1. The summed E-state index contributed by atoms with van der Waals surface area (Å²) < 4.78 is 18.1. The van der Waals surface area contributed by atoms with Crippen molar-refractivity contribution in [3.8, 4) is 5.75 Å². The van der Waals surface area contributed by atoms with Gasteiger partial charge in [-0.3, -0.25) is 10.1 Å².